The van der Waals surface area contributed by atoms with Crippen LogP contribution < -0.4 is 30.7 Å². The molecule has 91 heavy (non-hydrogen) atoms. The number of H-pyrrole nitrogens is 1. The molecule has 5 rings (SSSR count). The fourth-order valence-corrected chi connectivity index (χ4v) is 8.48. The van der Waals surface area contributed by atoms with Gasteiger partial charge in [-0.05, 0) is 36.8 Å². The normalized spacial score (nSPS) is 12.8. The summed E-state index contributed by atoms with van der Waals surface area (Å²) >= 11 is 0. The highest BCUT2D eigenvalue weighted by Gasteiger charge is 2.30. The molecular formula is C60H77F3N12O16. The van der Waals surface area contributed by atoms with E-state index in [1.807, 2.05) is 30.3 Å². The Morgan fingerprint density at radius 2 is 1.42 bits per heavy atom. The lowest BCUT2D eigenvalue weighted by atomic mass is 9.93. The number of piperidine rings is 1. The third-order valence-corrected chi connectivity index (χ3v) is 13.1. The summed E-state index contributed by atoms with van der Waals surface area (Å²) in [5.41, 5.74) is 10.4. The number of carbonyl (C=O) groups excluding carboxylic acids is 5. The van der Waals surface area contributed by atoms with Crippen molar-refractivity contribution in [2.45, 2.75) is 44.6 Å². The Morgan fingerprint density at radius 3 is 2.01 bits per heavy atom. The lowest BCUT2D eigenvalue weighted by Crippen LogP contribution is -2.41. The molecular weight excluding hydrogens is 1200 g/mol. The van der Waals surface area contributed by atoms with Crippen molar-refractivity contribution < 1.29 is 89.6 Å². The monoisotopic (exact) mass is 1280 g/mol. The van der Waals surface area contributed by atoms with E-state index in [0.717, 1.165) is 17.5 Å². The molecule has 1 saturated heterocycles. The van der Waals surface area contributed by atoms with E-state index in [4.69, 9.17) is 53.6 Å². The number of anilines is 1. The predicted molar refractivity (Wildman–Crippen MR) is 322 cm³/mol. The van der Waals surface area contributed by atoms with E-state index in [2.05, 4.69) is 52.1 Å². The molecule has 0 unspecified atom stereocenters. The van der Waals surface area contributed by atoms with Crippen LogP contribution in [0.2, 0.25) is 0 Å². The first-order valence-corrected chi connectivity index (χ1v) is 29.2. The summed E-state index contributed by atoms with van der Waals surface area (Å²) in [7, 11) is 1.39. The van der Waals surface area contributed by atoms with Gasteiger partial charge in [-0.15, -0.1) is 0 Å². The van der Waals surface area contributed by atoms with Crippen LogP contribution in [0.25, 0.3) is 16.5 Å². The van der Waals surface area contributed by atoms with E-state index < -0.39 is 65.3 Å². The van der Waals surface area contributed by atoms with Crippen LogP contribution in [0, 0.1) is 39.7 Å². The largest absolute Gasteiger partial charge is 0.494 e. The molecule has 494 valence electrons. The fraction of sp³-hybridized carbons (Fsp3) is 0.483. The van der Waals surface area contributed by atoms with Gasteiger partial charge in [-0.3, -0.25) is 29.4 Å². The average molecular weight is 1280 g/mol. The lowest BCUT2D eigenvalue weighted by Gasteiger charge is -2.28. The molecule has 2 aromatic carbocycles. The van der Waals surface area contributed by atoms with Crippen molar-refractivity contribution >= 4 is 63.9 Å². The number of hydrogen-bond acceptors (Lipinski definition) is 22. The standard InChI is InChI=1S/C60H77F3N12O16/c1-82-50-37-70-58(54-53(50)47(36-69-54)55(79)60(81)75-15-9-42(10-16-75)46(34-64)41-6-3-2-4-7-41)72-40-71-57(65)59(80)73-44(38-76)8-5-13-68-51(77)11-17-83-20-23-86-28-29-89-30-31-90-39-45(74-66)35-67-14-19-85-22-25-88-27-26-87-24-21-84-18-12-52(78)91-56-48(62)32-43(61)33-49(56)63/h2-4,6-7,32-33,35-37,40,44,66-67,69,76H,5,8-31,38-39H2,1H3,(H,68,77)(H,73,80)(H2,65,70,71,72)/b45-35-,74-66?/t44-/m0/s1. The summed E-state index contributed by atoms with van der Waals surface area (Å²) in [6.45, 7) is 4.79. The van der Waals surface area contributed by atoms with Crippen molar-refractivity contribution in [2.75, 3.05) is 151 Å². The highest BCUT2D eigenvalue weighted by molar-refractivity contribution is 6.45. The number of Topliss-reactive ketones (excluding diaryl/α,β-unsaturated/α-hetero) is 1. The number of aliphatic hydroxyl groups excluding tert-OH is 1. The van der Waals surface area contributed by atoms with Crippen molar-refractivity contribution in [3.8, 4) is 17.6 Å². The number of aromatic amines is 1. The average Bonchev–Trinajstić information content (AvgIpc) is 1.69. The molecule has 8 N–H and O–H groups in total. The number of ether oxygens (including phenoxy) is 10. The number of pyridine rings is 1. The number of likely N-dealkylation sites (tertiary alicyclic amines) is 1. The molecule has 0 radical (unpaired) electrons. The van der Waals surface area contributed by atoms with Gasteiger partial charge in [0, 0.05) is 57.1 Å². The minimum atomic E-state index is -1.32. The van der Waals surface area contributed by atoms with Gasteiger partial charge in [0.25, 0.3) is 17.6 Å². The highest BCUT2D eigenvalue weighted by Crippen LogP contribution is 2.33. The summed E-state index contributed by atoms with van der Waals surface area (Å²) in [6.07, 6.45) is 6.76. The maximum atomic E-state index is 13.7. The van der Waals surface area contributed by atoms with Crippen molar-refractivity contribution in [1.29, 1.82) is 16.2 Å². The number of amidine groups is 1. The maximum absolute atomic E-state index is 13.7. The number of methoxy groups -OCH3 is 1. The number of hydrogen-bond donors (Lipinski definition) is 8. The minimum Gasteiger partial charge on any atom is -0.494 e. The van der Waals surface area contributed by atoms with Gasteiger partial charge in [0.05, 0.1) is 173 Å². The molecule has 3 amide bonds. The molecule has 1 aliphatic rings. The first-order chi connectivity index (χ1) is 44.3. The number of esters is 1. The van der Waals surface area contributed by atoms with Gasteiger partial charge < -0.3 is 83.6 Å². The third-order valence-electron chi connectivity index (χ3n) is 13.1. The van der Waals surface area contributed by atoms with Crippen LogP contribution in [0.3, 0.4) is 0 Å². The van der Waals surface area contributed by atoms with Crippen LogP contribution in [0.15, 0.2) is 82.4 Å². The molecule has 1 fully saturated rings. The Labute approximate surface area is 523 Å². The summed E-state index contributed by atoms with van der Waals surface area (Å²) in [5, 5.41) is 42.7. The fourth-order valence-electron chi connectivity index (χ4n) is 8.48. The number of halogens is 3. The van der Waals surface area contributed by atoms with E-state index in [0.29, 0.717) is 108 Å². The zero-order valence-electron chi connectivity index (χ0n) is 50.5. The van der Waals surface area contributed by atoms with Crippen LogP contribution in [0.5, 0.6) is 11.5 Å². The Kier molecular flexibility index (Phi) is 34.1. The van der Waals surface area contributed by atoms with Crippen LogP contribution in [0.4, 0.5) is 19.0 Å². The van der Waals surface area contributed by atoms with E-state index in [-0.39, 0.29) is 120 Å². The van der Waals surface area contributed by atoms with Crippen molar-refractivity contribution in [3.63, 3.8) is 0 Å². The summed E-state index contributed by atoms with van der Waals surface area (Å²) in [4.78, 5) is 76.6. The molecule has 0 saturated carbocycles. The van der Waals surface area contributed by atoms with E-state index in [9.17, 15) is 47.5 Å². The van der Waals surface area contributed by atoms with E-state index in [1.165, 1.54) is 24.4 Å². The molecule has 31 heteroatoms. The summed E-state index contributed by atoms with van der Waals surface area (Å²) < 4.78 is 93.7. The van der Waals surface area contributed by atoms with Gasteiger partial charge in [0.15, 0.2) is 17.5 Å². The van der Waals surface area contributed by atoms with Crippen molar-refractivity contribution in [3.05, 3.63) is 101 Å². The van der Waals surface area contributed by atoms with Crippen molar-refractivity contribution in [2.24, 2.45) is 10.1 Å². The quantitative estimate of drug-likeness (QED) is 0.00347. The number of aliphatic hydroxyl groups is 1. The first-order valence-electron chi connectivity index (χ1n) is 29.2. The van der Waals surface area contributed by atoms with Gasteiger partial charge in [0.1, 0.15) is 17.3 Å². The van der Waals surface area contributed by atoms with Gasteiger partial charge in [-0.1, -0.05) is 30.3 Å². The lowest BCUT2D eigenvalue weighted by molar-refractivity contribution is -0.136. The van der Waals surface area contributed by atoms with Crippen LogP contribution in [-0.4, -0.2) is 213 Å². The molecule has 0 spiro atoms. The third kappa shape index (κ3) is 26.4. The number of aromatic nitrogens is 2. The Hall–Kier alpha value is -8.58. The second-order valence-corrected chi connectivity index (χ2v) is 19.5. The van der Waals surface area contributed by atoms with Gasteiger partial charge >= 0.3 is 5.97 Å². The second-order valence-electron chi connectivity index (χ2n) is 19.5. The first kappa shape index (κ1) is 73.2. The van der Waals surface area contributed by atoms with Gasteiger partial charge in [-0.2, -0.15) is 10.4 Å². The topological polar surface area (TPSA) is 374 Å². The number of nitriles is 1. The molecule has 28 nitrogen and oxygen atoms in total. The minimum absolute atomic E-state index is 0.0519. The zero-order valence-corrected chi connectivity index (χ0v) is 50.5. The Morgan fingerprint density at radius 1 is 0.824 bits per heavy atom. The summed E-state index contributed by atoms with van der Waals surface area (Å²) in [5.74, 6) is -8.58. The van der Waals surface area contributed by atoms with Crippen LogP contribution >= 0.6 is 0 Å². The highest BCUT2D eigenvalue weighted by atomic mass is 19.1. The van der Waals surface area contributed by atoms with Crippen LogP contribution in [0.1, 0.15) is 54.4 Å². The molecule has 4 aromatic rings. The number of nitrogens with zero attached hydrogens (tertiary/aromatic N) is 5. The molecule has 2 aromatic heterocycles. The van der Waals surface area contributed by atoms with E-state index in [1.54, 1.807) is 6.20 Å². The molecule has 0 bridgehead atoms. The van der Waals surface area contributed by atoms with Crippen molar-refractivity contribution in [1.82, 2.24) is 30.8 Å². The number of carbonyl (C=O) groups is 5. The number of allylic oxidation sites excluding steroid dienone is 1. The second kappa shape index (κ2) is 42.4. The predicted octanol–water partition coefficient (Wildman–Crippen LogP) is 4.54. The van der Waals surface area contributed by atoms with Gasteiger partial charge in [-0.25, -0.2) is 28.7 Å². The molecule has 1 atom stereocenters. The zero-order chi connectivity index (χ0) is 65.4. The number of ketones is 1. The number of benzene rings is 2. The summed E-state index contributed by atoms with van der Waals surface area (Å²) in [6, 6.07) is 11.7. The number of fused-ring (bicyclic) bond motifs is 1. The smallest absolute Gasteiger partial charge is 0.313 e. The van der Waals surface area contributed by atoms with E-state index >= 15 is 0 Å². The molecule has 0 aliphatic carbocycles. The molecule has 3 heterocycles. The molecule has 1 aliphatic heterocycles. The Balaban J connectivity index is 0.802. The number of rotatable bonds is 44. The number of aliphatic imine (C=N–C) groups is 1. The van der Waals surface area contributed by atoms with Gasteiger partial charge in [0.2, 0.25) is 17.5 Å². The SMILES string of the molecule is COc1cnc(N/C=N\C(=N)C(=O)N[C@H](CO)CCCNC(=O)CCOCCOCCOCCOC/C(=C/NCCOCCOCCOCCOCCC(=O)Oc2c(F)cc(F)cc2F)N=N)c2[nH]cc(C(=O)C(=O)N3CCC(=C(C#N)c4ccccc4)CC3)c12. The maximum Gasteiger partial charge on any atom is 0.313 e. The van der Waals surface area contributed by atoms with Crippen LogP contribution in [-0.2, 0) is 57.1 Å². The number of nitrogens with one attached hydrogen (secondary N) is 7. The number of amides is 3. The Bertz CT molecular complexity index is 3100.